The number of ether oxygens (including phenoxy) is 2. The first-order valence-corrected chi connectivity index (χ1v) is 8.98. The Balaban J connectivity index is 1.83. The molecule has 6 nitrogen and oxygen atoms in total. The lowest BCUT2D eigenvalue weighted by molar-refractivity contribution is -0.130. The van der Waals surface area contributed by atoms with Crippen molar-refractivity contribution >= 4 is 22.9 Å². The van der Waals surface area contributed by atoms with E-state index in [0.29, 0.717) is 11.4 Å². The van der Waals surface area contributed by atoms with Crippen molar-refractivity contribution in [3.63, 3.8) is 0 Å². The zero-order valence-corrected chi connectivity index (χ0v) is 15.7. The Labute approximate surface area is 160 Å². The van der Waals surface area contributed by atoms with Crippen LogP contribution in [0.25, 0.3) is 16.3 Å². The largest absolute Gasteiger partial charge is 0.503 e. The van der Waals surface area contributed by atoms with Crippen molar-refractivity contribution in [2.24, 2.45) is 0 Å². The summed E-state index contributed by atoms with van der Waals surface area (Å²) in [7, 11) is 1.42. The van der Waals surface area contributed by atoms with Crippen molar-refractivity contribution in [3.8, 4) is 16.6 Å². The molecule has 1 aromatic carbocycles. The van der Waals surface area contributed by atoms with E-state index in [0.717, 1.165) is 21.1 Å². The van der Waals surface area contributed by atoms with Crippen LogP contribution in [-0.4, -0.2) is 28.2 Å². The minimum absolute atomic E-state index is 0.0703. The third-order valence-electron chi connectivity index (χ3n) is 3.78. The Morgan fingerprint density at radius 3 is 2.70 bits per heavy atom. The first kappa shape index (κ1) is 18.6. The lowest BCUT2D eigenvalue weighted by atomic mass is 10.0. The number of methoxy groups -OCH3 is 1. The number of carboxylic acid groups (broad SMARTS) is 1. The Hall–Kier alpha value is -3.19. The zero-order chi connectivity index (χ0) is 19.2. The van der Waals surface area contributed by atoms with E-state index in [1.807, 2.05) is 37.3 Å². The minimum atomic E-state index is -1.06. The molecular formula is C20H18N2O4S. The van der Waals surface area contributed by atoms with Gasteiger partial charge in [-0.1, -0.05) is 30.3 Å². The second-order valence-electron chi connectivity index (χ2n) is 5.61. The summed E-state index contributed by atoms with van der Waals surface area (Å²) in [5.41, 5.74) is 2.14. The second-order valence-corrected chi connectivity index (χ2v) is 6.82. The summed E-state index contributed by atoms with van der Waals surface area (Å²) in [5, 5.41) is 10.2. The lowest BCUT2D eigenvalue weighted by Gasteiger charge is -2.11. The van der Waals surface area contributed by atoms with Gasteiger partial charge in [0.2, 0.25) is 5.88 Å². The maximum atomic E-state index is 11.5. The number of hydrogen-bond acceptors (Lipinski definition) is 6. The van der Waals surface area contributed by atoms with Gasteiger partial charge in [-0.3, -0.25) is 4.98 Å². The molecule has 0 bridgehead atoms. The lowest BCUT2D eigenvalue weighted by Crippen LogP contribution is -2.06. The van der Waals surface area contributed by atoms with Crippen LogP contribution in [0.4, 0.5) is 0 Å². The maximum absolute atomic E-state index is 11.5. The molecule has 0 amide bonds. The highest BCUT2D eigenvalue weighted by Gasteiger charge is 2.17. The van der Waals surface area contributed by atoms with Crippen LogP contribution in [0.5, 0.6) is 5.88 Å². The van der Waals surface area contributed by atoms with E-state index in [9.17, 15) is 9.90 Å². The average molecular weight is 382 g/mol. The maximum Gasteiger partial charge on any atom is 0.339 e. The van der Waals surface area contributed by atoms with Crippen LogP contribution in [0.2, 0.25) is 0 Å². The molecular weight excluding hydrogens is 364 g/mol. The first-order valence-electron chi connectivity index (χ1n) is 8.16. The number of carbonyl (C=O) groups is 1. The highest BCUT2D eigenvalue weighted by Crippen LogP contribution is 2.31. The molecule has 0 unspecified atom stereocenters. The van der Waals surface area contributed by atoms with Crippen molar-refractivity contribution in [3.05, 3.63) is 70.9 Å². The summed E-state index contributed by atoms with van der Waals surface area (Å²) in [6, 6.07) is 12.8. The van der Waals surface area contributed by atoms with Crippen molar-refractivity contribution in [1.29, 1.82) is 0 Å². The monoisotopic (exact) mass is 382 g/mol. The summed E-state index contributed by atoms with van der Waals surface area (Å²) in [4.78, 5) is 21.3. The Morgan fingerprint density at radius 1 is 1.22 bits per heavy atom. The van der Waals surface area contributed by atoms with Gasteiger partial charge in [-0.05, 0) is 30.2 Å². The van der Waals surface area contributed by atoms with Crippen LogP contribution in [0.1, 0.15) is 16.0 Å². The van der Waals surface area contributed by atoms with E-state index in [-0.39, 0.29) is 12.2 Å². The molecule has 0 fully saturated rings. The standard InChI is InChI=1S/C20H18N2O4S/c1-13-18(22-19(27-13)17-9-5-6-10-21-17)26-11-14-7-3-4-8-15(14)16(12-25-2)20(23)24/h3-10,12H,11H2,1-2H3,(H,23,24). The fourth-order valence-electron chi connectivity index (χ4n) is 2.52. The molecule has 0 aliphatic rings. The van der Waals surface area contributed by atoms with Crippen LogP contribution < -0.4 is 4.74 Å². The van der Waals surface area contributed by atoms with Crippen LogP contribution in [0.3, 0.4) is 0 Å². The smallest absolute Gasteiger partial charge is 0.339 e. The highest BCUT2D eigenvalue weighted by molar-refractivity contribution is 7.15. The molecule has 0 saturated carbocycles. The molecule has 0 saturated heterocycles. The molecule has 1 N–H and O–H groups in total. The molecule has 0 aliphatic carbocycles. The second kappa shape index (κ2) is 8.46. The molecule has 3 aromatic rings. The number of aromatic nitrogens is 2. The molecule has 3 rings (SSSR count). The number of nitrogens with zero attached hydrogens (tertiary/aromatic N) is 2. The van der Waals surface area contributed by atoms with Crippen molar-refractivity contribution in [2.45, 2.75) is 13.5 Å². The van der Waals surface area contributed by atoms with Gasteiger partial charge in [-0.25, -0.2) is 4.79 Å². The predicted octanol–water partition coefficient (Wildman–Crippen LogP) is 4.16. The molecule has 0 aliphatic heterocycles. The summed E-state index contributed by atoms with van der Waals surface area (Å²) >= 11 is 1.50. The van der Waals surface area contributed by atoms with Gasteiger partial charge < -0.3 is 14.6 Å². The molecule has 7 heteroatoms. The topological polar surface area (TPSA) is 81.5 Å². The van der Waals surface area contributed by atoms with E-state index in [1.165, 1.54) is 24.7 Å². The van der Waals surface area contributed by atoms with Crippen LogP contribution in [0.15, 0.2) is 54.9 Å². The normalized spacial score (nSPS) is 11.3. The summed E-state index contributed by atoms with van der Waals surface area (Å²) in [6.07, 6.45) is 2.94. The number of hydrogen-bond donors (Lipinski definition) is 1. The van der Waals surface area contributed by atoms with Gasteiger partial charge >= 0.3 is 5.97 Å². The Kier molecular flexibility index (Phi) is 5.83. The number of aliphatic carboxylic acids is 1. The molecule has 0 radical (unpaired) electrons. The van der Waals surface area contributed by atoms with Crippen LogP contribution >= 0.6 is 11.3 Å². The van der Waals surface area contributed by atoms with Crippen molar-refractivity contribution in [2.75, 3.05) is 7.11 Å². The number of carboxylic acids is 1. The number of aryl methyl sites for hydroxylation is 1. The van der Waals surface area contributed by atoms with E-state index < -0.39 is 5.97 Å². The van der Waals surface area contributed by atoms with Gasteiger partial charge in [-0.2, -0.15) is 4.98 Å². The van der Waals surface area contributed by atoms with Gasteiger partial charge in [-0.15, -0.1) is 11.3 Å². The number of thiazole rings is 1. The third kappa shape index (κ3) is 4.32. The van der Waals surface area contributed by atoms with Gasteiger partial charge in [0.05, 0.1) is 23.9 Å². The quantitative estimate of drug-likeness (QED) is 0.488. The molecule has 27 heavy (non-hydrogen) atoms. The number of rotatable bonds is 7. The van der Waals surface area contributed by atoms with E-state index >= 15 is 0 Å². The molecule has 138 valence electrons. The van der Waals surface area contributed by atoms with Gasteiger partial charge in [0.1, 0.15) is 17.2 Å². The van der Waals surface area contributed by atoms with Gasteiger partial charge in [0.15, 0.2) is 0 Å². The molecule has 2 heterocycles. The molecule has 2 aromatic heterocycles. The molecule has 0 spiro atoms. The van der Waals surface area contributed by atoms with E-state index in [4.69, 9.17) is 9.47 Å². The number of benzene rings is 1. The predicted molar refractivity (Wildman–Crippen MR) is 103 cm³/mol. The summed E-state index contributed by atoms with van der Waals surface area (Å²) in [5.74, 6) is -0.547. The van der Waals surface area contributed by atoms with Crippen molar-refractivity contribution < 1.29 is 19.4 Å². The SMILES string of the molecule is COC=C(C(=O)O)c1ccccc1COc1nc(-c2ccccn2)sc1C. The third-order valence-corrected chi connectivity index (χ3v) is 4.75. The summed E-state index contributed by atoms with van der Waals surface area (Å²) in [6.45, 7) is 2.12. The van der Waals surface area contributed by atoms with Gasteiger partial charge in [0.25, 0.3) is 0 Å². The van der Waals surface area contributed by atoms with E-state index in [1.54, 1.807) is 18.3 Å². The first-order chi connectivity index (χ1) is 13.1. The van der Waals surface area contributed by atoms with E-state index in [2.05, 4.69) is 9.97 Å². The van der Waals surface area contributed by atoms with Crippen molar-refractivity contribution in [1.82, 2.24) is 9.97 Å². The van der Waals surface area contributed by atoms with Crippen LogP contribution in [-0.2, 0) is 16.1 Å². The Morgan fingerprint density at radius 2 is 2.00 bits per heavy atom. The van der Waals surface area contributed by atoms with Gasteiger partial charge in [0, 0.05) is 6.20 Å². The fraction of sp³-hybridized carbons (Fsp3) is 0.150. The van der Waals surface area contributed by atoms with Crippen LogP contribution in [0, 0.1) is 6.92 Å². The summed E-state index contributed by atoms with van der Waals surface area (Å²) < 4.78 is 10.8. The average Bonchev–Trinajstić information content (AvgIpc) is 3.06. The fourth-order valence-corrected chi connectivity index (χ4v) is 3.35. The Bertz CT molecular complexity index is 967. The minimum Gasteiger partial charge on any atom is -0.503 e. The number of pyridine rings is 1. The zero-order valence-electron chi connectivity index (χ0n) is 14.9. The molecule has 0 atom stereocenters. The highest BCUT2D eigenvalue weighted by atomic mass is 32.1.